The highest BCUT2D eigenvalue weighted by molar-refractivity contribution is 5.35. The maximum absolute atomic E-state index is 6.37. The molecule has 2 N–H and O–H groups in total. The molecule has 0 aromatic heterocycles. The van der Waals surface area contributed by atoms with Gasteiger partial charge in [0.15, 0.2) is 6.29 Å². The number of benzene rings is 2. The van der Waals surface area contributed by atoms with Crippen molar-refractivity contribution < 1.29 is 9.47 Å². The minimum absolute atomic E-state index is 0.107. The first-order valence-electron chi connectivity index (χ1n) is 11.6. The van der Waals surface area contributed by atoms with E-state index in [4.69, 9.17) is 15.2 Å². The molecule has 0 radical (unpaired) electrons. The van der Waals surface area contributed by atoms with Crippen molar-refractivity contribution in [2.24, 2.45) is 5.73 Å². The van der Waals surface area contributed by atoms with Gasteiger partial charge in [0.05, 0.1) is 6.10 Å². The van der Waals surface area contributed by atoms with Crippen LogP contribution in [0.15, 0.2) is 48.5 Å². The number of nitrogens with two attached hydrogens (primary N) is 1. The Kier molecular flexibility index (Phi) is 9.87. The summed E-state index contributed by atoms with van der Waals surface area (Å²) in [6.45, 7) is 10.3. The molecule has 2 aromatic rings. The van der Waals surface area contributed by atoms with Crippen molar-refractivity contribution in [1.29, 1.82) is 0 Å². The molecule has 0 aliphatic carbocycles. The lowest BCUT2D eigenvalue weighted by Crippen LogP contribution is -2.31. The van der Waals surface area contributed by atoms with E-state index in [9.17, 15) is 0 Å². The number of aryl methyl sites for hydroxylation is 1. The van der Waals surface area contributed by atoms with Crippen molar-refractivity contribution in [1.82, 2.24) is 0 Å². The number of hydrogen-bond donors (Lipinski definition) is 1. The molecule has 0 fully saturated rings. The van der Waals surface area contributed by atoms with E-state index in [2.05, 4.69) is 38.1 Å². The average Bonchev–Trinajstić information content (AvgIpc) is 2.71. The molecule has 2 rings (SSSR count). The Morgan fingerprint density at radius 1 is 0.867 bits per heavy atom. The van der Waals surface area contributed by atoms with Gasteiger partial charge in [-0.3, -0.25) is 0 Å². The summed E-state index contributed by atoms with van der Waals surface area (Å²) in [6, 6.07) is 16.6. The lowest BCUT2D eigenvalue weighted by atomic mass is 9.89. The van der Waals surface area contributed by atoms with Crippen molar-refractivity contribution in [3.63, 3.8) is 0 Å². The predicted molar refractivity (Wildman–Crippen MR) is 127 cm³/mol. The molecule has 3 heteroatoms. The van der Waals surface area contributed by atoms with Gasteiger partial charge in [-0.25, -0.2) is 0 Å². The second-order valence-corrected chi connectivity index (χ2v) is 8.90. The summed E-state index contributed by atoms with van der Waals surface area (Å²) in [5.74, 6) is 0.929. The van der Waals surface area contributed by atoms with Gasteiger partial charge in [-0.2, -0.15) is 0 Å². The van der Waals surface area contributed by atoms with E-state index in [0.29, 0.717) is 0 Å². The standard InChI is InChI=1S/C27H41NO2/c1-6-7-8-9-10-11-16-23-17-12-15-20-26(23)30-22(3)29-21(2)24-18-13-14-19-25(24)27(4,5)28/h12-15,17-22H,6-11,16,28H2,1-5H3. The van der Waals surface area contributed by atoms with Crippen LogP contribution < -0.4 is 10.5 Å². The smallest absolute Gasteiger partial charge is 0.197 e. The van der Waals surface area contributed by atoms with Crippen LogP contribution in [0.25, 0.3) is 0 Å². The molecule has 0 saturated heterocycles. The van der Waals surface area contributed by atoms with E-state index in [1.54, 1.807) is 0 Å². The van der Waals surface area contributed by atoms with Crippen LogP contribution in [0.4, 0.5) is 0 Å². The molecular formula is C27H41NO2. The van der Waals surface area contributed by atoms with Crippen molar-refractivity contribution in [3.05, 3.63) is 65.2 Å². The van der Waals surface area contributed by atoms with Gasteiger partial charge in [0, 0.05) is 5.54 Å². The molecule has 2 unspecified atom stereocenters. The molecule has 3 nitrogen and oxygen atoms in total. The summed E-state index contributed by atoms with van der Waals surface area (Å²) in [6.07, 6.45) is 8.39. The summed E-state index contributed by atoms with van der Waals surface area (Å²) in [5.41, 5.74) is 9.43. The normalized spacial score (nSPS) is 13.8. The van der Waals surface area contributed by atoms with Crippen LogP contribution in [0.3, 0.4) is 0 Å². The fourth-order valence-corrected chi connectivity index (χ4v) is 3.93. The minimum Gasteiger partial charge on any atom is -0.465 e. The molecule has 0 aliphatic rings. The molecule has 0 heterocycles. The monoisotopic (exact) mass is 411 g/mol. The summed E-state index contributed by atoms with van der Waals surface area (Å²) in [7, 11) is 0. The van der Waals surface area contributed by atoms with E-state index in [1.165, 1.54) is 44.1 Å². The van der Waals surface area contributed by atoms with Gasteiger partial charge in [0.25, 0.3) is 0 Å². The molecule has 0 bridgehead atoms. The third-order valence-corrected chi connectivity index (χ3v) is 5.55. The Balaban J connectivity index is 1.95. The Morgan fingerprint density at radius 3 is 2.23 bits per heavy atom. The predicted octanol–water partition coefficient (Wildman–Crippen LogP) is 7.29. The van der Waals surface area contributed by atoms with Gasteiger partial charge in [0.1, 0.15) is 5.75 Å². The van der Waals surface area contributed by atoms with Gasteiger partial charge >= 0.3 is 0 Å². The van der Waals surface area contributed by atoms with Gasteiger partial charge in [-0.05, 0) is 63.3 Å². The molecule has 0 aliphatic heterocycles. The van der Waals surface area contributed by atoms with Crippen molar-refractivity contribution in [2.45, 2.75) is 97.5 Å². The van der Waals surface area contributed by atoms with Crippen LogP contribution in [-0.2, 0) is 16.7 Å². The summed E-state index contributed by atoms with van der Waals surface area (Å²) < 4.78 is 12.4. The van der Waals surface area contributed by atoms with Gasteiger partial charge in [0.2, 0.25) is 0 Å². The number of ether oxygens (including phenoxy) is 2. The zero-order valence-corrected chi connectivity index (χ0v) is 19.6. The van der Waals surface area contributed by atoms with Crippen LogP contribution in [0.1, 0.15) is 95.9 Å². The Hall–Kier alpha value is -1.84. The highest BCUT2D eigenvalue weighted by atomic mass is 16.7. The number of hydrogen-bond acceptors (Lipinski definition) is 3. The Labute approximate surface area is 184 Å². The van der Waals surface area contributed by atoms with Crippen LogP contribution in [0, 0.1) is 0 Å². The molecule has 166 valence electrons. The lowest BCUT2D eigenvalue weighted by molar-refractivity contribution is -0.104. The van der Waals surface area contributed by atoms with Crippen molar-refractivity contribution in [2.75, 3.05) is 0 Å². The molecule has 0 spiro atoms. The van der Waals surface area contributed by atoms with E-state index >= 15 is 0 Å². The number of para-hydroxylation sites is 1. The fourth-order valence-electron chi connectivity index (χ4n) is 3.93. The zero-order chi connectivity index (χ0) is 22.0. The summed E-state index contributed by atoms with van der Waals surface area (Å²) in [4.78, 5) is 0. The first-order valence-corrected chi connectivity index (χ1v) is 11.6. The SMILES string of the molecule is CCCCCCCCc1ccccc1OC(C)OC(C)c1ccccc1C(C)(C)N. The van der Waals surface area contributed by atoms with Gasteiger partial charge < -0.3 is 15.2 Å². The third-order valence-electron chi connectivity index (χ3n) is 5.55. The maximum Gasteiger partial charge on any atom is 0.197 e. The summed E-state index contributed by atoms with van der Waals surface area (Å²) in [5, 5.41) is 0. The lowest BCUT2D eigenvalue weighted by Gasteiger charge is -2.28. The topological polar surface area (TPSA) is 44.5 Å². The first kappa shape index (κ1) is 24.4. The third kappa shape index (κ3) is 7.77. The second-order valence-electron chi connectivity index (χ2n) is 8.90. The number of unbranched alkanes of at least 4 members (excludes halogenated alkanes) is 5. The van der Waals surface area contributed by atoms with E-state index < -0.39 is 5.54 Å². The summed E-state index contributed by atoms with van der Waals surface area (Å²) >= 11 is 0. The fraction of sp³-hybridized carbons (Fsp3) is 0.556. The quantitative estimate of drug-likeness (QED) is 0.278. The van der Waals surface area contributed by atoms with Crippen LogP contribution in [-0.4, -0.2) is 6.29 Å². The zero-order valence-electron chi connectivity index (χ0n) is 19.6. The number of rotatable bonds is 13. The van der Waals surface area contributed by atoms with Crippen LogP contribution >= 0.6 is 0 Å². The first-order chi connectivity index (χ1) is 14.3. The molecule has 2 aromatic carbocycles. The average molecular weight is 412 g/mol. The minimum atomic E-state index is -0.415. The van der Waals surface area contributed by atoms with E-state index in [0.717, 1.165) is 23.3 Å². The highest BCUT2D eigenvalue weighted by Gasteiger charge is 2.22. The van der Waals surface area contributed by atoms with E-state index in [-0.39, 0.29) is 12.4 Å². The Bertz CT molecular complexity index is 751. The van der Waals surface area contributed by atoms with E-state index in [1.807, 2.05) is 45.0 Å². The molecule has 0 saturated carbocycles. The molecule has 2 atom stereocenters. The van der Waals surface area contributed by atoms with Crippen LogP contribution in [0.5, 0.6) is 5.75 Å². The maximum atomic E-state index is 6.37. The van der Waals surface area contributed by atoms with Crippen molar-refractivity contribution >= 4 is 0 Å². The highest BCUT2D eigenvalue weighted by Crippen LogP contribution is 2.30. The van der Waals surface area contributed by atoms with Crippen molar-refractivity contribution in [3.8, 4) is 5.75 Å². The second kappa shape index (κ2) is 12.1. The molecule has 0 amide bonds. The van der Waals surface area contributed by atoms with Gasteiger partial charge in [-0.1, -0.05) is 81.5 Å². The van der Waals surface area contributed by atoms with Crippen LogP contribution in [0.2, 0.25) is 0 Å². The Morgan fingerprint density at radius 2 is 1.50 bits per heavy atom. The molecule has 30 heavy (non-hydrogen) atoms. The van der Waals surface area contributed by atoms with Gasteiger partial charge in [-0.15, -0.1) is 0 Å². The molecular weight excluding hydrogens is 370 g/mol. The largest absolute Gasteiger partial charge is 0.465 e.